The van der Waals surface area contributed by atoms with E-state index < -0.39 is 21.8 Å². The fraction of sp³-hybridized carbons (Fsp3) is 0.364. The number of primary amides is 1. The maximum absolute atomic E-state index is 11.7. The summed E-state index contributed by atoms with van der Waals surface area (Å²) in [5.74, 6) is -0.778. The Labute approximate surface area is 101 Å². The molecule has 0 radical (unpaired) electrons. The van der Waals surface area contributed by atoms with E-state index in [0.717, 1.165) is 0 Å². The summed E-state index contributed by atoms with van der Waals surface area (Å²) in [5.41, 5.74) is 11.4. The van der Waals surface area contributed by atoms with E-state index in [1.807, 2.05) is 0 Å². The van der Waals surface area contributed by atoms with Crippen LogP contribution in [0.25, 0.3) is 0 Å². The van der Waals surface area contributed by atoms with Crippen LogP contribution in [-0.2, 0) is 15.6 Å². The number of hydrogen-bond donors (Lipinski definition) is 2. The Balaban J connectivity index is 2.89. The molecule has 1 aromatic rings. The second kappa shape index (κ2) is 5.29. The SMILES string of the molecule is CC(N)CS(=O)(=O)Cc1cccc(C(N)=O)c1. The molecule has 5 nitrogen and oxygen atoms in total. The van der Waals surface area contributed by atoms with Crippen molar-refractivity contribution in [1.29, 1.82) is 0 Å². The van der Waals surface area contributed by atoms with Crippen LogP contribution < -0.4 is 11.5 Å². The molecule has 0 aromatic heterocycles. The maximum Gasteiger partial charge on any atom is 0.248 e. The summed E-state index contributed by atoms with van der Waals surface area (Å²) in [7, 11) is -3.25. The summed E-state index contributed by atoms with van der Waals surface area (Å²) >= 11 is 0. The monoisotopic (exact) mass is 256 g/mol. The number of carbonyl (C=O) groups excluding carboxylic acids is 1. The first-order valence-corrected chi connectivity index (χ1v) is 6.97. The molecule has 0 spiro atoms. The van der Waals surface area contributed by atoms with E-state index in [-0.39, 0.29) is 11.5 Å². The molecule has 1 amide bonds. The highest BCUT2D eigenvalue weighted by Gasteiger charge is 2.15. The minimum Gasteiger partial charge on any atom is -0.366 e. The lowest BCUT2D eigenvalue weighted by Crippen LogP contribution is -2.27. The van der Waals surface area contributed by atoms with Crippen molar-refractivity contribution in [1.82, 2.24) is 0 Å². The van der Waals surface area contributed by atoms with Gasteiger partial charge in [0, 0.05) is 11.6 Å². The number of hydrogen-bond acceptors (Lipinski definition) is 4. The number of rotatable bonds is 5. The van der Waals surface area contributed by atoms with Gasteiger partial charge in [-0.2, -0.15) is 0 Å². The quantitative estimate of drug-likeness (QED) is 0.776. The van der Waals surface area contributed by atoms with Gasteiger partial charge in [0.2, 0.25) is 5.91 Å². The van der Waals surface area contributed by atoms with Gasteiger partial charge in [0.1, 0.15) is 0 Å². The number of carbonyl (C=O) groups is 1. The zero-order chi connectivity index (χ0) is 13.1. The van der Waals surface area contributed by atoms with Crippen LogP contribution in [0.15, 0.2) is 24.3 Å². The van der Waals surface area contributed by atoms with Gasteiger partial charge in [0.15, 0.2) is 9.84 Å². The molecule has 1 rings (SSSR count). The van der Waals surface area contributed by atoms with Gasteiger partial charge in [-0.25, -0.2) is 8.42 Å². The number of nitrogens with two attached hydrogens (primary N) is 2. The minimum atomic E-state index is -3.25. The summed E-state index contributed by atoms with van der Waals surface area (Å²) in [6, 6.07) is 5.88. The van der Waals surface area contributed by atoms with Crippen LogP contribution in [0.4, 0.5) is 0 Å². The van der Waals surface area contributed by atoms with E-state index in [1.54, 1.807) is 25.1 Å². The summed E-state index contributed by atoms with van der Waals surface area (Å²) in [6.45, 7) is 1.64. The number of benzene rings is 1. The second-order valence-corrected chi connectivity index (χ2v) is 6.21. The van der Waals surface area contributed by atoms with Gasteiger partial charge in [0.25, 0.3) is 0 Å². The highest BCUT2D eigenvalue weighted by Crippen LogP contribution is 2.10. The van der Waals surface area contributed by atoms with Crippen molar-refractivity contribution in [3.05, 3.63) is 35.4 Å². The zero-order valence-corrected chi connectivity index (χ0v) is 10.4. The van der Waals surface area contributed by atoms with E-state index in [2.05, 4.69) is 0 Å². The van der Waals surface area contributed by atoms with Crippen molar-refractivity contribution in [2.75, 3.05) is 5.75 Å². The standard InChI is InChI=1S/C11H16N2O3S/c1-8(12)6-17(15,16)7-9-3-2-4-10(5-9)11(13)14/h2-5,8H,6-7,12H2,1H3,(H2,13,14). The Morgan fingerprint density at radius 2 is 2.06 bits per heavy atom. The zero-order valence-electron chi connectivity index (χ0n) is 9.59. The van der Waals surface area contributed by atoms with Gasteiger partial charge in [-0.05, 0) is 24.6 Å². The third kappa shape index (κ3) is 4.54. The first-order valence-electron chi connectivity index (χ1n) is 5.15. The van der Waals surface area contributed by atoms with Crippen LogP contribution in [0.3, 0.4) is 0 Å². The molecule has 1 unspecified atom stereocenters. The number of amides is 1. The Kier molecular flexibility index (Phi) is 4.25. The Morgan fingerprint density at radius 1 is 1.41 bits per heavy atom. The highest BCUT2D eigenvalue weighted by atomic mass is 32.2. The predicted octanol–water partition coefficient (Wildman–Crippen LogP) is 0.0475. The maximum atomic E-state index is 11.7. The van der Waals surface area contributed by atoms with Crippen molar-refractivity contribution in [3.63, 3.8) is 0 Å². The van der Waals surface area contributed by atoms with Gasteiger partial charge in [-0.15, -0.1) is 0 Å². The highest BCUT2D eigenvalue weighted by molar-refractivity contribution is 7.90. The minimum absolute atomic E-state index is 0.0756. The summed E-state index contributed by atoms with van der Waals surface area (Å²) in [4.78, 5) is 10.9. The van der Waals surface area contributed by atoms with E-state index in [4.69, 9.17) is 11.5 Å². The molecule has 0 aliphatic heterocycles. The van der Waals surface area contributed by atoms with Gasteiger partial charge in [-0.3, -0.25) is 4.79 Å². The van der Waals surface area contributed by atoms with Gasteiger partial charge in [-0.1, -0.05) is 12.1 Å². The predicted molar refractivity (Wildman–Crippen MR) is 66.1 cm³/mol. The van der Waals surface area contributed by atoms with Crippen LogP contribution in [0.2, 0.25) is 0 Å². The molecule has 94 valence electrons. The van der Waals surface area contributed by atoms with Gasteiger partial charge in [0.05, 0.1) is 11.5 Å². The Bertz CT molecular complexity index is 509. The van der Waals surface area contributed by atoms with Crippen molar-refractivity contribution in [3.8, 4) is 0 Å². The van der Waals surface area contributed by atoms with E-state index in [9.17, 15) is 13.2 Å². The summed E-state index contributed by atoms with van der Waals surface area (Å²) < 4.78 is 23.4. The lowest BCUT2D eigenvalue weighted by molar-refractivity contribution is 0.1000. The lowest BCUT2D eigenvalue weighted by Gasteiger charge is -2.07. The van der Waals surface area contributed by atoms with Crippen molar-refractivity contribution < 1.29 is 13.2 Å². The topological polar surface area (TPSA) is 103 Å². The van der Waals surface area contributed by atoms with Crippen LogP contribution in [0, 0.1) is 0 Å². The van der Waals surface area contributed by atoms with Crippen molar-refractivity contribution in [2.24, 2.45) is 11.5 Å². The molecule has 0 heterocycles. The van der Waals surface area contributed by atoms with Crippen molar-refractivity contribution in [2.45, 2.75) is 18.7 Å². The fourth-order valence-corrected chi connectivity index (χ4v) is 3.13. The molecule has 0 aliphatic rings. The molecule has 1 atom stereocenters. The summed E-state index contributed by atoms with van der Waals surface area (Å²) in [6.07, 6.45) is 0. The molecule has 0 aliphatic carbocycles. The second-order valence-electron chi connectivity index (χ2n) is 4.10. The van der Waals surface area contributed by atoms with Crippen LogP contribution in [-0.4, -0.2) is 26.1 Å². The Morgan fingerprint density at radius 3 is 2.59 bits per heavy atom. The van der Waals surface area contributed by atoms with Crippen LogP contribution >= 0.6 is 0 Å². The average molecular weight is 256 g/mol. The largest absolute Gasteiger partial charge is 0.366 e. The average Bonchev–Trinajstić information content (AvgIpc) is 2.14. The first kappa shape index (κ1) is 13.7. The number of sulfone groups is 1. The van der Waals surface area contributed by atoms with E-state index in [0.29, 0.717) is 11.1 Å². The fourth-order valence-electron chi connectivity index (χ4n) is 1.53. The summed E-state index contributed by atoms with van der Waals surface area (Å²) in [5, 5.41) is 0. The first-order chi connectivity index (χ1) is 7.80. The normalized spacial score (nSPS) is 13.3. The van der Waals surface area contributed by atoms with Gasteiger partial charge < -0.3 is 11.5 Å². The molecule has 0 fully saturated rings. The van der Waals surface area contributed by atoms with Crippen LogP contribution in [0.1, 0.15) is 22.8 Å². The molecule has 17 heavy (non-hydrogen) atoms. The smallest absolute Gasteiger partial charge is 0.248 e. The molecule has 0 bridgehead atoms. The van der Waals surface area contributed by atoms with Gasteiger partial charge >= 0.3 is 0 Å². The van der Waals surface area contributed by atoms with E-state index >= 15 is 0 Å². The molecular weight excluding hydrogens is 240 g/mol. The van der Waals surface area contributed by atoms with Crippen molar-refractivity contribution >= 4 is 15.7 Å². The molecule has 0 saturated heterocycles. The molecule has 4 N–H and O–H groups in total. The van der Waals surface area contributed by atoms with E-state index in [1.165, 1.54) is 6.07 Å². The third-order valence-corrected chi connectivity index (χ3v) is 3.92. The third-order valence-electron chi connectivity index (χ3n) is 2.11. The Hall–Kier alpha value is -1.40. The molecule has 6 heteroatoms. The molecule has 0 saturated carbocycles. The molecule has 1 aromatic carbocycles. The van der Waals surface area contributed by atoms with Crippen LogP contribution in [0.5, 0.6) is 0 Å². The lowest BCUT2D eigenvalue weighted by atomic mass is 10.1. The molecular formula is C11H16N2O3S.